The van der Waals surface area contributed by atoms with Crippen molar-refractivity contribution in [3.8, 4) is 0 Å². The molecule has 1 rings (SSSR count). The van der Waals surface area contributed by atoms with Crippen molar-refractivity contribution in [2.75, 3.05) is 5.73 Å². The highest BCUT2D eigenvalue weighted by Gasteiger charge is 2.19. The maximum atomic E-state index is 12.6. The fraction of sp³-hybridized carbons (Fsp3) is 0.333. The standard InChI is InChI=1S/C9H9BrF2N2O2/c10-3-5-4(2-7(15)16)1-6(13)14-8(5)9(11)12/h1,9H,2-3H2,(H2,13,14)(H,15,16). The summed E-state index contributed by atoms with van der Waals surface area (Å²) in [6.45, 7) is 0. The van der Waals surface area contributed by atoms with E-state index in [-0.39, 0.29) is 28.7 Å². The lowest BCUT2D eigenvalue weighted by molar-refractivity contribution is -0.136. The van der Waals surface area contributed by atoms with Gasteiger partial charge in [0.25, 0.3) is 6.43 Å². The van der Waals surface area contributed by atoms with E-state index in [1.54, 1.807) is 0 Å². The van der Waals surface area contributed by atoms with Gasteiger partial charge in [-0.25, -0.2) is 13.8 Å². The summed E-state index contributed by atoms with van der Waals surface area (Å²) in [5, 5.41) is 8.76. The van der Waals surface area contributed by atoms with Gasteiger partial charge in [0.2, 0.25) is 0 Å². The van der Waals surface area contributed by atoms with Gasteiger partial charge in [0.15, 0.2) is 0 Å². The lowest BCUT2D eigenvalue weighted by Gasteiger charge is -2.11. The normalized spacial score (nSPS) is 10.8. The Morgan fingerprint density at radius 3 is 2.69 bits per heavy atom. The highest BCUT2D eigenvalue weighted by atomic mass is 79.9. The minimum atomic E-state index is -2.77. The van der Waals surface area contributed by atoms with Crippen molar-refractivity contribution in [2.45, 2.75) is 18.2 Å². The van der Waals surface area contributed by atoms with E-state index in [1.165, 1.54) is 6.07 Å². The van der Waals surface area contributed by atoms with Crippen LogP contribution in [0, 0.1) is 0 Å². The first-order valence-corrected chi connectivity index (χ1v) is 5.42. The fourth-order valence-electron chi connectivity index (χ4n) is 1.32. The zero-order chi connectivity index (χ0) is 12.3. The molecule has 0 bridgehead atoms. The third-order valence-electron chi connectivity index (χ3n) is 1.95. The number of hydrogen-bond acceptors (Lipinski definition) is 3. The van der Waals surface area contributed by atoms with Crippen LogP contribution in [-0.2, 0) is 16.5 Å². The van der Waals surface area contributed by atoms with Crippen molar-refractivity contribution in [3.63, 3.8) is 0 Å². The molecular weight excluding hydrogens is 286 g/mol. The maximum absolute atomic E-state index is 12.6. The highest BCUT2D eigenvalue weighted by Crippen LogP contribution is 2.27. The molecule has 1 aromatic heterocycles. The number of carboxylic acids is 1. The summed E-state index contributed by atoms with van der Waals surface area (Å²) in [5.41, 5.74) is 5.32. The Morgan fingerprint density at radius 2 is 2.25 bits per heavy atom. The molecule has 1 aromatic rings. The first-order chi connectivity index (χ1) is 7.45. The predicted octanol–water partition coefficient (Wildman–Crippen LogP) is 2.12. The minimum Gasteiger partial charge on any atom is -0.481 e. The Morgan fingerprint density at radius 1 is 1.62 bits per heavy atom. The fourth-order valence-corrected chi connectivity index (χ4v) is 1.97. The van der Waals surface area contributed by atoms with Crippen LogP contribution in [0.1, 0.15) is 23.2 Å². The molecule has 0 atom stereocenters. The van der Waals surface area contributed by atoms with Crippen molar-refractivity contribution in [2.24, 2.45) is 0 Å². The van der Waals surface area contributed by atoms with Crippen LogP contribution in [0.15, 0.2) is 6.07 Å². The highest BCUT2D eigenvalue weighted by molar-refractivity contribution is 9.08. The largest absolute Gasteiger partial charge is 0.481 e. The number of hydrogen-bond donors (Lipinski definition) is 2. The molecule has 7 heteroatoms. The van der Waals surface area contributed by atoms with Crippen molar-refractivity contribution >= 4 is 27.7 Å². The zero-order valence-corrected chi connectivity index (χ0v) is 9.67. The van der Waals surface area contributed by atoms with E-state index < -0.39 is 18.1 Å². The van der Waals surface area contributed by atoms with Crippen LogP contribution in [0.2, 0.25) is 0 Å². The molecule has 4 nitrogen and oxygen atoms in total. The average molecular weight is 295 g/mol. The Labute approximate surface area is 98.6 Å². The summed E-state index contributed by atoms with van der Waals surface area (Å²) in [5.74, 6) is -1.20. The lowest BCUT2D eigenvalue weighted by atomic mass is 10.0. The number of pyridine rings is 1. The molecule has 0 aromatic carbocycles. The number of anilines is 1. The van der Waals surface area contributed by atoms with Gasteiger partial charge in [-0.2, -0.15) is 0 Å². The number of carbonyl (C=O) groups is 1. The van der Waals surface area contributed by atoms with Crippen molar-refractivity contribution in [1.82, 2.24) is 4.98 Å². The SMILES string of the molecule is Nc1cc(CC(=O)O)c(CBr)c(C(F)F)n1. The van der Waals surface area contributed by atoms with Crippen LogP contribution < -0.4 is 5.73 Å². The molecule has 3 N–H and O–H groups in total. The van der Waals surface area contributed by atoms with Gasteiger partial charge in [-0.05, 0) is 17.2 Å². The molecule has 0 spiro atoms. The molecule has 0 saturated carbocycles. The van der Waals surface area contributed by atoms with E-state index in [0.717, 1.165) is 0 Å². The average Bonchev–Trinajstić information content (AvgIpc) is 2.15. The number of rotatable bonds is 4. The van der Waals surface area contributed by atoms with E-state index >= 15 is 0 Å². The minimum absolute atomic E-state index is 0.101. The van der Waals surface area contributed by atoms with Gasteiger partial charge in [-0.3, -0.25) is 4.79 Å². The second kappa shape index (κ2) is 5.20. The Bertz CT molecular complexity index is 413. The Hall–Kier alpha value is -1.24. The number of carboxylic acid groups (broad SMARTS) is 1. The zero-order valence-electron chi connectivity index (χ0n) is 8.08. The number of halogens is 3. The second-order valence-electron chi connectivity index (χ2n) is 3.07. The molecule has 0 unspecified atom stereocenters. The van der Waals surface area contributed by atoms with Gasteiger partial charge in [-0.1, -0.05) is 15.9 Å². The van der Waals surface area contributed by atoms with Gasteiger partial charge in [-0.15, -0.1) is 0 Å². The van der Waals surface area contributed by atoms with Gasteiger partial charge in [0, 0.05) is 5.33 Å². The van der Waals surface area contributed by atoms with Crippen LogP contribution in [0.3, 0.4) is 0 Å². The lowest BCUT2D eigenvalue weighted by Crippen LogP contribution is -2.09. The molecule has 88 valence electrons. The number of nitrogen functional groups attached to an aromatic ring is 1. The maximum Gasteiger partial charge on any atom is 0.307 e. The van der Waals surface area contributed by atoms with E-state index in [4.69, 9.17) is 10.8 Å². The number of nitrogens with zero attached hydrogens (tertiary/aromatic N) is 1. The van der Waals surface area contributed by atoms with Gasteiger partial charge >= 0.3 is 5.97 Å². The molecule has 0 aliphatic rings. The summed E-state index contributed by atoms with van der Waals surface area (Å²) >= 11 is 3.03. The topological polar surface area (TPSA) is 76.2 Å². The first kappa shape index (κ1) is 12.8. The van der Waals surface area contributed by atoms with Crippen molar-refractivity contribution in [3.05, 3.63) is 22.9 Å². The molecule has 0 aliphatic heterocycles. The summed E-state index contributed by atoms with van der Waals surface area (Å²) in [6, 6.07) is 1.30. The number of aliphatic carboxylic acids is 1. The van der Waals surface area contributed by atoms with E-state index in [0.29, 0.717) is 0 Å². The molecule has 0 amide bonds. The Balaban J connectivity index is 3.29. The molecule has 16 heavy (non-hydrogen) atoms. The van der Waals surface area contributed by atoms with E-state index in [1.807, 2.05) is 0 Å². The first-order valence-electron chi connectivity index (χ1n) is 4.29. The number of alkyl halides is 3. The van der Waals surface area contributed by atoms with Crippen molar-refractivity contribution < 1.29 is 18.7 Å². The van der Waals surface area contributed by atoms with Crippen LogP contribution in [0.5, 0.6) is 0 Å². The van der Waals surface area contributed by atoms with Gasteiger partial charge in [0.1, 0.15) is 11.5 Å². The van der Waals surface area contributed by atoms with Crippen LogP contribution in [0.4, 0.5) is 14.6 Å². The number of nitrogens with two attached hydrogens (primary N) is 1. The quantitative estimate of drug-likeness (QED) is 0.834. The molecular formula is C9H9BrF2N2O2. The summed E-state index contributed by atoms with van der Waals surface area (Å²) < 4.78 is 25.3. The van der Waals surface area contributed by atoms with E-state index in [9.17, 15) is 13.6 Å². The van der Waals surface area contributed by atoms with Crippen LogP contribution >= 0.6 is 15.9 Å². The smallest absolute Gasteiger partial charge is 0.307 e. The third kappa shape index (κ3) is 2.88. The summed E-state index contributed by atoms with van der Waals surface area (Å²) in [7, 11) is 0. The molecule has 0 radical (unpaired) electrons. The van der Waals surface area contributed by atoms with Gasteiger partial charge in [0.05, 0.1) is 6.42 Å². The van der Waals surface area contributed by atoms with Crippen LogP contribution in [-0.4, -0.2) is 16.1 Å². The molecule has 0 aliphatic carbocycles. The monoisotopic (exact) mass is 294 g/mol. The molecule has 0 fully saturated rings. The van der Waals surface area contributed by atoms with E-state index in [2.05, 4.69) is 20.9 Å². The predicted molar refractivity (Wildman–Crippen MR) is 57.6 cm³/mol. The van der Waals surface area contributed by atoms with Crippen molar-refractivity contribution in [1.29, 1.82) is 0 Å². The summed E-state index contributed by atoms with van der Waals surface area (Å²) in [6.07, 6.45) is -3.13. The molecule has 1 heterocycles. The third-order valence-corrected chi connectivity index (χ3v) is 2.51. The number of aromatic nitrogens is 1. The summed E-state index contributed by atoms with van der Waals surface area (Å²) in [4.78, 5) is 14.1. The van der Waals surface area contributed by atoms with Gasteiger partial charge < -0.3 is 10.8 Å². The van der Waals surface area contributed by atoms with Crippen LogP contribution in [0.25, 0.3) is 0 Å². The molecule has 0 saturated heterocycles. The Kier molecular flexibility index (Phi) is 4.17. The second-order valence-corrected chi connectivity index (χ2v) is 3.64.